The van der Waals surface area contributed by atoms with Gasteiger partial charge in [0.15, 0.2) is 0 Å². The quantitative estimate of drug-likeness (QED) is 0.887. The van der Waals surface area contributed by atoms with E-state index >= 15 is 0 Å². The van der Waals surface area contributed by atoms with Gasteiger partial charge in [-0.3, -0.25) is 9.59 Å². The third-order valence-corrected chi connectivity index (χ3v) is 3.86. The van der Waals surface area contributed by atoms with Gasteiger partial charge in [0.25, 0.3) is 0 Å². The molecule has 1 saturated carbocycles. The molecule has 0 aromatic carbocycles. The highest BCUT2D eigenvalue weighted by molar-refractivity contribution is 5.80. The van der Waals surface area contributed by atoms with Gasteiger partial charge in [-0.25, -0.2) is 4.98 Å². The summed E-state index contributed by atoms with van der Waals surface area (Å²) in [6.45, 7) is 6.32. The van der Waals surface area contributed by atoms with Gasteiger partial charge in [0.05, 0.1) is 18.7 Å². The van der Waals surface area contributed by atoms with Crippen LogP contribution >= 0.6 is 0 Å². The Hall–Kier alpha value is -1.85. The number of carbonyl (C=O) groups excluding carboxylic acids is 1. The summed E-state index contributed by atoms with van der Waals surface area (Å²) in [5.74, 6) is -0.292. The maximum absolute atomic E-state index is 12.0. The van der Waals surface area contributed by atoms with E-state index < -0.39 is 11.9 Å². The van der Waals surface area contributed by atoms with Crippen molar-refractivity contribution in [3.8, 4) is 0 Å². The Kier molecular flexibility index (Phi) is 4.34. The second-order valence-corrected chi connectivity index (χ2v) is 6.63. The number of carboxylic acid groups (broad SMARTS) is 1. The van der Waals surface area contributed by atoms with Crippen LogP contribution in [0.2, 0.25) is 0 Å². The van der Waals surface area contributed by atoms with Crippen molar-refractivity contribution in [3.63, 3.8) is 0 Å². The number of nitrogens with one attached hydrogen (secondary N) is 1. The lowest BCUT2D eigenvalue weighted by molar-refractivity contribution is -0.141. The Morgan fingerprint density at radius 2 is 2.05 bits per heavy atom. The number of hydrogen-bond donors (Lipinski definition) is 2. The second kappa shape index (κ2) is 5.87. The van der Waals surface area contributed by atoms with E-state index in [0.717, 1.165) is 5.76 Å². The van der Waals surface area contributed by atoms with Gasteiger partial charge in [0.2, 0.25) is 11.8 Å². The molecule has 0 bridgehead atoms. The minimum absolute atomic E-state index is 0.116. The van der Waals surface area contributed by atoms with Crippen LogP contribution in [0.5, 0.6) is 0 Å². The topological polar surface area (TPSA) is 92.4 Å². The van der Waals surface area contributed by atoms with Gasteiger partial charge in [-0.05, 0) is 19.3 Å². The second-order valence-electron chi connectivity index (χ2n) is 6.63. The highest BCUT2D eigenvalue weighted by atomic mass is 16.4. The Labute approximate surface area is 123 Å². The molecule has 6 heteroatoms. The zero-order valence-corrected chi connectivity index (χ0v) is 12.7. The van der Waals surface area contributed by atoms with Crippen molar-refractivity contribution in [2.75, 3.05) is 0 Å². The molecular weight excluding hydrogens is 272 g/mol. The molecule has 0 unspecified atom stereocenters. The number of amides is 1. The number of nitrogens with zero attached hydrogens (tertiary/aromatic N) is 1. The van der Waals surface area contributed by atoms with Gasteiger partial charge in [-0.2, -0.15) is 0 Å². The minimum Gasteiger partial charge on any atom is -0.481 e. The molecule has 2 N–H and O–H groups in total. The number of aliphatic carboxylic acids is 1. The van der Waals surface area contributed by atoms with E-state index in [4.69, 9.17) is 9.52 Å². The smallest absolute Gasteiger partial charge is 0.306 e. The average molecular weight is 294 g/mol. The first kappa shape index (κ1) is 15.5. The third-order valence-electron chi connectivity index (χ3n) is 3.86. The molecule has 2 rings (SSSR count). The first-order chi connectivity index (χ1) is 9.77. The van der Waals surface area contributed by atoms with Crippen molar-refractivity contribution in [1.29, 1.82) is 0 Å². The molecule has 1 aliphatic rings. The van der Waals surface area contributed by atoms with Gasteiger partial charge in [0.1, 0.15) is 5.76 Å². The minimum atomic E-state index is -0.812. The number of carboxylic acids is 1. The van der Waals surface area contributed by atoms with Gasteiger partial charge >= 0.3 is 5.97 Å². The highest BCUT2D eigenvalue weighted by Gasteiger charge is 2.33. The van der Waals surface area contributed by atoms with Gasteiger partial charge < -0.3 is 14.8 Å². The predicted molar refractivity (Wildman–Crippen MR) is 75.5 cm³/mol. The van der Waals surface area contributed by atoms with Crippen LogP contribution < -0.4 is 5.32 Å². The van der Waals surface area contributed by atoms with Crippen LogP contribution in [-0.4, -0.2) is 22.0 Å². The lowest BCUT2D eigenvalue weighted by atomic mass is 9.94. The van der Waals surface area contributed by atoms with Crippen molar-refractivity contribution >= 4 is 11.9 Å². The van der Waals surface area contributed by atoms with E-state index in [9.17, 15) is 9.59 Å². The summed E-state index contributed by atoms with van der Waals surface area (Å²) in [5, 5.41) is 11.7. The number of carbonyl (C=O) groups is 2. The Morgan fingerprint density at radius 3 is 2.57 bits per heavy atom. The summed E-state index contributed by atoms with van der Waals surface area (Å²) in [6.07, 6.45) is 3.29. The zero-order valence-electron chi connectivity index (χ0n) is 12.7. The van der Waals surface area contributed by atoms with E-state index in [2.05, 4.69) is 10.3 Å². The van der Waals surface area contributed by atoms with Crippen LogP contribution in [0, 0.1) is 11.8 Å². The molecule has 6 nitrogen and oxygen atoms in total. The van der Waals surface area contributed by atoms with E-state index in [-0.39, 0.29) is 23.8 Å². The fourth-order valence-corrected chi connectivity index (χ4v) is 2.49. The van der Waals surface area contributed by atoms with Crippen LogP contribution in [0.1, 0.15) is 51.7 Å². The molecule has 1 fully saturated rings. The first-order valence-electron chi connectivity index (χ1n) is 7.23. The summed E-state index contributed by atoms with van der Waals surface area (Å²) < 4.78 is 5.60. The van der Waals surface area contributed by atoms with Gasteiger partial charge in [-0.15, -0.1) is 0 Å². The van der Waals surface area contributed by atoms with Crippen molar-refractivity contribution in [2.45, 2.75) is 52.0 Å². The van der Waals surface area contributed by atoms with E-state index in [1.54, 1.807) is 6.20 Å². The zero-order chi connectivity index (χ0) is 15.6. The van der Waals surface area contributed by atoms with Crippen LogP contribution in [0.15, 0.2) is 10.6 Å². The van der Waals surface area contributed by atoms with Crippen LogP contribution in [0.4, 0.5) is 0 Å². The number of aromatic nitrogens is 1. The molecule has 1 aromatic rings. The predicted octanol–water partition coefficient (Wildman–Crippen LogP) is 2.09. The van der Waals surface area contributed by atoms with E-state index in [1.165, 1.54) is 0 Å². The fourth-order valence-electron chi connectivity index (χ4n) is 2.49. The molecule has 0 spiro atoms. The first-order valence-corrected chi connectivity index (χ1v) is 7.23. The lowest BCUT2D eigenvalue weighted by Gasteiger charge is -2.13. The molecule has 0 radical (unpaired) electrons. The fraction of sp³-hybridized carbons (Fsp3) is 0.667. The molecule has 1 amide bonds. The lowest BCUT2D eigenvalue weighted by Crippen LogP contribution is -2.29. The van der Waals surface area contributed by atoms with E-state index in [1.807, 2.05) is 20.8 Å². The van der Waals surface area contributed by atoms with Crippen molar-refractivity contribution in [2.24, 2.45) is 11.8 Å². The normalized spacial score (nSPS) is 22.2. The summed E-state index contributed by atoms with van der Waals surface area (Å²) in [6, 6.07) is 0. The number of hydrogen-bond acceptors (Lipinski definition) is 4. The molecule has 1 aliphatic carbocycles. The van der Waals surface area contributed by atoms with Crippen molar-refractivity contribution < 1.29 is 19.1 Å². The molecular formula is C15H22N2O4. The Bertz CT molecular complexity index is 530. The number of oxazole rings is 1. The highest BCUT2D eigenvalue weighted by Crippen LogP contribution is 2.31. The summed E-state index contributed by atoms with van der Waals surface area (Å²) in [4.78, 5) is 27.1. The van der Waals surface area contributed by atoms with Crippen molar-refractivity contribution in [1.82, 2.24) is 10.3 Å². The third kappa shape index (κ3) is 3.83. The summed E-state index contributed by atoms with van der Waals surface area (Å²) >= 11 is 0. The SMILES string of the molecule is CC(C)(C)c1cnc(CNC(=O)[C@@H]2CC[C@H](C(=O)O)C2)o1. The molecule has 21 heavy (non-hydrogen) atoms. The van der Waals surface area contributed by atoms with Gasteiger partial charge in [-0.1, -0.05) is 20.8 Å². The van der Waals surface area contributed by atoms with Crippen molar-refractivity contribution in [3.05, 3.63) is 17.8 Å². The van der Waals surface area contributed by atoms with Crippen LogP contribution in [0.25, 0.3) is 0 Å². The van der Waals surface area contributed by atoms with E-state index in [0.29, 0.717) is 25.2 Å². The monoisotopic (exact) mass is 294 g/mol. The standard InChI is InChI=1S/C15H22N2O4/c1-15(2,3)11-7-16-12(21-11)8-17-13(18)9-4-5-10(6-9)14(19)20/h7,9-10H,4-6,8H2,1-3H3,(H,17,18)(H,19,20)/t9-,10+/m1/s1. The van der Waals surface area contributed by atoms with Crippen LogP contribution in [0.3, 0.4) is 0 Å². The maximum atomic E-state index is 12.0. The molecule has 1 aromatic heterocycles. The summed E-state index contributed by atoms with van der Waals surface area (Å²) in [7, 11) is 0. The molecule has 0 aliphatic heterocycles. The molecule has 0 saturated heterocycles. The molecule has 1 heterocycles. The molecule has 2 atom stereocenters. The average Bonchev–Trinajstić information content (AvgIpc) is 3.04. The van der Waals surface area contributed by atoms with Gasteiger partial charge in [0, 0.05) is 11.3 Å². The largest absolute Gasteiger partial charge is 0.481 e. The number of rotatable bonds is 4. The summed E-state index contributed by atoms with van der Waals surface area (Å²) in [5.41, 5.74) is -0.116. The molecule has 116 valence electrons. The van der Waals surface area contributed by atoms with Crippen LogP contribution in [-0.2, 0) is 21.5 Å². The Morgan fingerprint density at radius 1 is 1.38 bits per heavy atom. The maximum Gasteiger partial charge on any atom is 0.306 e. The Balaban J connectivity index is 1.85.